The highest BCUT2D eigenvalue weighted by Gasteiger charge is 2.30. The maximum absolute atomic E-state index is 12.0. The van der Waals surface area contributed by atoms with E-state index in [0.29, 0.717) is 19.0 Å². The number of anilines is 1. The normalized spacial score (nSPS) is 16.0. The van der Waals surface area contributed by atoms with Gasteiger partial charge in [0.1, 0.15) is 0 Å². The predicted octanol–water partition coefficient (Wildman–Crippen LogP) is 3.99. The second-order valence-corrected chi connectivity index (χ2v) is 6.40. The summed E-state index contributed by atoms with van der Waals surface area (Å²) in [5.41, 5.74) is 2.00. The number of halogens is 1. The summed E-state index contributed by atoms with van der Waals surface area (Å²) in [5.74, 6) is 0.400. The summed E-state index contributed by atoms with van der Waals surface area (Å²) in [6.45, 7) is 7.13. The van der Waals surface area contributed by atoms with Gasteiger partial charge in [0.05, 0.1) is 0 Å². The van der Waals surface area contributed by atoms with Gasteiger partial charge in [-0.25, -0.2) is 0 Å². The summed E-state index contributed by atoms with van der Waals surface area (Å²) in [5, 5.41) is -0.450. The predicted molar refractivity (Wildman–Crippen MR) is 89.5 cm³/mol. The Bertz CT molecular complexity index is 551. The fourth-order valence-corrected chi connectivity index (χ4v) is 3.30. The molecule has 5 heteroatoms. The second-order valence-electron chi connectivity index (χ2n) is 6.07. The van der Waals surface area contributed by atoms with E-state index >= 15 is 0 Å². The molecule has 1 aromatic carbocycles. The van der Waals surface area contributed by atoms with Crippen molar-refractivity contribution in [2.45, 2.75) is 45.6 Å². The summed E-state index contributed by atoms with van der Waals surface area (Å²) < 4.78 is 0. The number of carbonyl (C=O) groups excluding carboxylic acids is 2. The molecule has 0 bridgehead atoms. The molecule has 0 atom stereocenters. The highest BCUT2D eigenvalue weighted by Crippen LogP contribution is 2.32. The summed E-state index contributed by atoms with van der Waals surface area (Å²) >= 11 is 5.89. The minimum atomic E-state index is -0.450. The lowest BCUT2D eigenvalue weighted by Crippen LogP contribution is -2.47. The SMILES string of the molecule is CC(=O)N1CCC(N(C(=O)Cl)c2ccccc2C(C)C)CC1. The average Bonchev–Trinajstić information content (AvgIpc) is 2.48. The molecule has 0 spiro atoms. The van der Waals surface area contributed by atoms with Crippen LogP contribution in [0.5, 0.6) is 0 Å². The Morgan fingerprint density at radius 2 is 1.82 bits per heavy atom. The Kier molecular flexibility index (Phi) is 5.46. The highest BCUT2D eigenvalue weighted by molar-refractivity contribution is 6.66. The van der Waals surface area contributed by atoms with Crippen LogP contribution in [-0.2, 0) is 4.79 Å². The summed E-state index contributed by atoms with van der Waals surface area (Å²) in [6.07, 6.45) is 1.51. The first-order chi connectivity index (χ1) is 10.4. The molecular weight excluding hydrogens is 300 g/mol. The number of hydrogen-bond donors (Lipinski definition) is 0. The molecule has 1 aliphatic rings. The summed E-state index contributed by atoms with van der Waals surface area (Å²) in [7, 11) is 0. The molecule has 0 saturated carbocycles. The van der Waals surface area contributed by atoms with Crippen LogP contribution >= 0.6 is 11.6 Å². The second kappa shape index (κ2) is 7.14. The molecule has 1 saturated heterocycles. The molecule has 1 aromatic rings. The van der Waals surface area contributed by atoms with Crippen molar-refractivity contribution in [1.82, 2.24) is 4.90 Å². The first kappa shape index (κ1) is 16.8. The number of rotatable bonds is 3. The quantitative estimate of drug-likeness (QED) is 0.623. The van der Waals surface area contributed by atoms with Crippen molar-refractivity contribution >= 4 is 28.6 Å². The third-order valence-electron chi connectivity index (χ3n) is 4.28. The van der Waals surface area contributed by atoms with Gasteiger partial charge in [0, 0.05) is 31.7 Å². The van der Waals surface area contributed by atoms with E-state index < -0.39 is 5.37 Å². The third kappa shape index (κ3) is 3.61. The van der Waals surface area contributed by atoms with Gasteiger partial charge in [-0.1, -0.05) is 32.0 Å². The molecule has 0 unspecified atom stereocenters. The summed E-state index contributed by atoms with van der Waals surface area (Å²) in [6, 6.07) is 7.94. The largest absolute Gasteiger partial charge is 0.343 e. The zero-order valence-electron chi connectivity index (χ0n) is 13.4. The fraction of sp³-hybridized carbons (Fsp3) is 0.529. The minimum Gasteiger partial charge on any atom is -0.343 e. The van der Waals surface area contributed by atoms with Crippen LogP contribution in [-0.4, -0.2) is 35.3 Å². The highest BCUT2D eigenvalue weighted by atomic mass is 35.5. The maximum Gasteiger partial charge on any atom is 0.321 e. The number of para-hydroxylation sites is 1. The number of nitrogens with zero attached hydrogens (tertiary/aromatic N) is 2. The molecule has 0 radical (unpaired) electrons. The van der Waals surface area contributed by atoms with Gasteiger partial charge in [-0.2, -0.15) is 0 Å². The van der Waals surface area contributed by atoms with Crippen molar-refractivity contribution in [3.05, 3.63) is 29.8 Å². The number of hydrogen-bond acceptors (Lipinski definition) is 2. The fourth-order valence-electron chi connectivity index (χ4n) is 3.07. The van der Waals surface area contributed by atoms with E-state index in [4.69, 9.17) is 11.6 Å². The average molecular weight is 323 g/mol. The lowest BCUT2D eigenvalue weighted by Gasteiger charge is -2.38. The van der Waals surface area contributed by atoms with E-state index in [1.165, 1.54) is 0 Å². The number of amides is 2. The van der Waals surface area contributed by atoms with Gasteiger partial charge < -0.3 is 4.90 Å². The maximum atomic E-state index is 12.0. The molecule has 2 amide bonds. The minimum absolute atomic E-state index is 0.0421. The van der Waals surface area contributed by atoms with E-state index in [0.717, 1.165) is 24.1 Å². The Morgan fingerprint density at radius 3 is 2.32 bits per heavy atom. The lowest BCUT2D eigenvalue weighted by atomic mass is 9.97. The molecule has 0 N–H and O–H groups in total. The van der Waals surface area contributed by atoms with Gasteiger partial charge in [-0.3, -0.25) is 14.5 Å². The van der Waals surface area contributed by atoms with Crippen molar-refractivity contribution in [3.63, 3.8) is 0 Å². The van der Waals surface area contributed by atoms with Crippen LogP contribution in [0, 0.1) is 0 Å². The van der Waals surface area contributed by atoms with Crippen molar-refractivity contribution < 1.29 is 9.59 Å². The molecule has 1 fully saturated rings. The third-order valence-corrected chi connectivity index (χ3v) is 4.46. The van der Waals surface area contributed by atoms with Crippen LogP contribution in [0.3, 0.4) is 0 Å². The topological polar surface area (TPSA) is 40.6 Å². The van der Waals surface area contributed by atoms with E-state index in [2.05, 4.69) is 13.8 Å². The lowest BCUT2D eigenvalue weighted by molar-refractivity contribution is -0.129. The van der Waals surface area contributed by atoms with Crippen LogP contribution in [0.15, 0.2) is 24.3 Å². The van der Waals surface area contributed by atoms with Gasteiger partial charge in [0.25, 0.3) is 0 Å². The van der Waals surface area contributed by atoms with Crippen molar-refractivity contribution in [2.24, 2.45) is 0 Å². The van der Waals surface area contributed by atoms with Crippen molar-refractivity contribution in [2.75, 3.05) is 18.0 Å². The molecule has 0 aromatic heterocycles. The Morgan fingerprint density at radius 1 is 1.23 bits per heavy atom. The van der Waals surface area contributed by atoms with Gasteiger partial charge in [-0.05, 0) is 42.0 Å². The molecule has 4 nitrogen and oxygen atoms in total. The molecule has 22 heavy (non-hydrogen) atoms. The van der Waals surface area contributed by atoms with Crippen LogP contribution in [0.2, 0.25) is 0 Å². The first-order valence-corrected chi connectivity index (χ1v) is 8.12. The van der Waals surface area contributed by atoms with Crippen LogP contribution < -0.4 is 4.90 Å². The zero-order valence-corrected chi connectivity index (χ0v) is 14.1. The van der Waals surface area contributed by atoms with Gasteiger partial charge in [0.15, 0.2) is 0 Å². The standard InChI is InChI=1S/C17H23ClN2O2/c1-12(2)15-6-4-5-7-16(15)20(17(18)22)14-8-10-19(11-9-14)13(3)21/h4-7,12,14H,8-11H2,1-3H3. The molecule has 1 heterocycles. The summed E-state index contributed by atoms with van der Waals surface area (Å²) in [4.78, 5) is 27.0. The molecule has 1 aliphatic heterocycles. The van der Waals surface area contributed by atoms with Crippen molar-refractivity contribution in [3.8, 4) is 0 Å². The Labute approximate surface area is 137 Å². The van der Waals surface area contributed by atoms with E-state index in [1.807, 2.05) is 29.2 Å². The molecule has 120 valence electrons. The van der Waals surface area contributed by atoms with Gasteiger partial charge in [0.2, 0.25) is 5.91 Å². The van der Waals surface area contributed by atoms with Gasteiger partial charge >= 0.3 is 5.37 Å². The van der Waals surface area contributed by atoms with E-state index in [-0.39, 0.29) is 11.9 Å². The molecule has 2 rings (SSSR count). The van der Waals surface area contributed by atoms with Crippen LogP contribution in [0.25, 0.3) is 0 Å². The monoisotopic (exact) mass is 322 g/mol. The zero-order chi connectivity index (χ0) is 16.3. The number of likely N-dealkylation sites (tertiary alicyclic amines) is 1. The Balaban J connectivity index is 2.25. The molecular formula is C17H23ClN2O2. The first-order valence-electron chi connectivity index (χ1n) is 7.75. The smallest absolute Gasteiger partial charge is 0.321 e. The number of carbonyl (C=O) groups is 2. The van der Waals surface area contributed by atoms with Crippen molar-refractivity contribution in [1.29, 1.82) is 0 Å². The number of benzene rings is 1. The van der Waals surface area contributed by atoms with Crippen LogP contribution in [0.1, 0.15) is 45.1 Å². The number of piperidine rings is 1. The molecule has 0 aliphatic carbocycles. The van der Waals surface area contributed by atoms with E-state index in [1.54, 1.807) is 11.8 Å². The Hall–Kier alpha value is -1.55. The van der Waals surface area contributed by atoms with Gasteiger partial charge in [-0.15, -0.1) is 0 Å². The van der Waals surface area contributed by atoms with Crippen LogP contribution in [0.4, 0.5) is 10.5 Å². The van der Waals surface area contributed by atoms with E-state index in [9.17, 15) is 9.59 Å².